The number of anilines is 1. The van der Waals surface area contributed by atoms with E-state index in [-0.39, 0.29) is 10.0 Å². The molecule has 0 atom stereocenters. The van der Waals surface area contributed by atoms with Gasteiger partial charge in [-0.15, -0.1) is 0 Å². The molecule has 5 nitrogen and oxygen atoms in total. The molecule has 0 saturated carbocycles. The van der Waals surface area contributed by atoms with Gasteiger partial charge in [-0.1, -0.05) is 29.8 Å². The Morgan fingerprint density at radius 1 is 1.05 bits per heavy atom. The first-order valence-corrected chi connectivity index (χ1v) is 7.90. The fourth-order valence-corrected chi connectivity index (χ4v) is 3.18. The zero-order chi connectivity index (χ0) is 14.9. The molecule has 0 aliphatic carbocycles. The van der Waals surface area contributed by atoms with Gasteiger partial charge in [0, 0.05) is 11.6 Å². The Morgan fingerprint density at radius 2 is 1.86 bits per heavy atom. The molecule has 0 radical (unpaired) electrons. The molecule has 106 valence electrons. The summed E-state index contributed by atoms with van der Waals surface area (Å²) in [7, 11) is -3.72. The van der Waals surface area contributed by atoms with E-state index in [9.17, 15) is 8.42 Å². The molecule has 0 aliphatic rings. The molecule has 2 aromatic heterocycles. The van der Waals surface area contributed by atoms with Crippen LogP contribution in [-0.2, 0) is 10.0 Å². The molecule has 0 bridgehead atoms. The third-order valence-corrected chi connectivity index (χ3v) is 4.44. The van der Waals surface area contributed by atoms with Crippen molar-refractivity contribution in [3.05, 3.63) is 60.0 Å². The molecule has 0 spiro atoms. The highest BCUT2D eigenvalue weighted by molar-refractivity contribution is 7.92. The molecule has 1 N–H and O–H groups in total. The fraction of sp³-hybridized carbons (Fsp3) is 0. The molecule has 3 aromatic rings. The first-order chi connectivity index (χ1) is 10.0. The predicted octanol–water partition coefficient (Wildman–Crippen LogP) is 3.08. The van der Waals surface area contributed by atoms with Crippen LogP contribution in [0.3, 0.4) is 0 Å². The normalized spacial score (nSPS) is 11.5. The van der Waals surface area contributed by atoms with Crippen LogP contribution in [0.25, 0.3) is 10.9 Å². The zero-order valence-corrected chi connectivity index (χ0v) is 12.3. The second-order valence-corrected chi connectivity index (χ2v) is 6.41. The molecule has 0 fully saturated rings. The second-order valence-electron chi connectivity index (χ2n) is 4.34. The summed E-state index contributed by atoms with van der Waals surface area (Å²) in [5, 5.41) is 0.972. The average Bonchev–Trinajstić information content (AvgIpc) is 2.47. The number of hydrogen-bond donors (Lipinski definition) is 1. The van der Waals surface area contributed by atoms with Gasteiger partial charge in [-0.3, -0.25) is 9.71 Å². The Kier molecular flexibility index (Phi) is 3.48. The van der Waals surface area contributed by atoms with Gasteiger partial charge in [-0.2, -0.15) is 0 Å². The quantitative estimate of drug-likeness (QED) is 0.753. The summed E-state index contributed by atoms with van der Waals surface area (Å²) in [5.74, 6) is 0. The fourth-order valence-electron chi connectivity index (χ4n) is 1.89. The number of nitrogens with zero attached hydrogens (tertiary/aromatic N) is 2. The summed E-state index contributed by atoms with van der Waals surface area (Å²) in [5.41, 5.74) is 1.19. The van der Waals surface area contributed by atoms with Crippen molar-refractivity contribution < 1.29 is 8.42 Å². The minimum absolute atomic E-state index is 0.0515. The Labute approximate surface area is 126 Å². The van der Waals surface area contributed by atoms with E-state index >= 15 is 0 Å². The van der Waals surface area contributed by atoms with Gasteiger partial charge in [-0.05, 0) is 24.3 Å². The van der Waals surface area contributed by atoms with Gasteiger partial charge in [0.25, 0.3) is 10.0 Å². The standard InChI is InChI=1S/C14H10ClN3O2S/c15-14-8-12(5-6-16-14)21(19,20)18-11-7-10-3-1-2-4-13(10)17-9-11/h1-9,18H. The number of nitrogens with one attached hydrogen (secondary N) is 1. The number of hydrogen-bond acceptors (Lipinski definition) is 4. The van der Waals surface area contributed by atoms with E-state index in [2.05, 4.69) is 14.7 Å². The lowest BCUT2D eigenvalue weighted by molar-refractivity contribution is 0.601. The minimum atomic E-state index is -3.72. The van der Waals surface area contributed by atoms with Crippen molar-refractivity contribution in [2.75, 3.05) is 4.72 Å². The van der Waals surface area contributed by atoms with Crippen LogP contribution in [0.5, 0.6) is 0 Å². The van der Waals surface area contributed by atoms with Crippen molar-refractivity contribution in [3.8, 4) is 0 Å². The number of sulfonamides is 1. The van der Waals surface area contributed by atoms with Crippen LogP contribution in [-0.4, -0.2) is 18.4 Å². The minimum Gasteiger partial charge on any atom is -0.278 e. The highest BCUT2D eigenvalue weighted by Gasteiger charge is 2.15. The van der Waals surface area contributed by atoms with Crippen molar-refractivity contribution in [2.24, 2.45) is 0 Å². The van der Waals surface area contributed by atoms with Gasteiger partial charge in [0.15, 0.2) is 0 Å². The van der Waals surface area contributed by atoms with Crippen molar-refractivity contribution in [2.45, 2.75) is 4.90 Å². The van der Waals surface area contributed by atoms with E-state index in [1.807, 2.05) is 24.3 Å². The Balaban J connectivity index is 1.97. The predicted molar refractivity (Wildman–Crippen MR) is 81.8 cm³/mol. The topological polar surface area (TPSA) is 72.0 Å². The van der Waals surface area contributed by atoms with Crippen LogP contribution in [0, 0.1) is 0 Å². The molecule has 0 saturated heterocycles. The summed E-state index contributed by atoms with van der Waals surface area (Å²) in [6.07, 6.45) is 2.82. The average molecular weight is 320 g/mol. The summed E-state index contributed by atoms with van der Waals surface area (Å²) >= 11 is 5.72. The monoisotopic (exact) mass is 319 g/mol. The molecular formula is C14H10ClN3O2S. The first-order valence-electron chi connectivity index (χ1n) is 6.04. The van der Waals surface area contributed by atoms with E-state index in [4.69, 9.17) is 11.6 Å². The van der Waals surface area contributed by atoms with E-state index in [1.54, 1.807) is 6.07 Å². The van der Waals surface area contributed by atoms with Crippen LogP contribution in [0.2, 0.25) is 5.15 Å². The molecule has 1 aromatic carbocycles. The summed E-state index contributed by atoms with van der Waals surface area (Å²) in [4.78, 5) is 8.02. The maximum Gasteiger partial charge on any atom is 0.262 e. The van der Waals surface area contributed by atoms with E-state index < -0.39 is 10.0 Å². The largest absolute Gasteiger partial charge is 0.278 e. The van der Waals surface area contributed by atoms with Gasteiger partial charge in [0.05, 0.1) is 22.3 Å². The van der Waals surface area contributed by atoms with Crippen molar-refractivity contribution in [1.29, 1.82) is 0 Å². The molecule has 0 aliphatic heterocycles. The molecule has 0 unspecified atom stereocenters. The van der Waals surface area contributed by atoms with Crippen molar-refractivity contribution in [1.82, 2.24) is 9.97 Å². The van der Waals surface area contributed by atoms with Crippen LogP contribution in [0.4, 0.5) is 5.69 Å². The summed E-state index contributed by atoms with van der Waals surface area (Å²) < 4.78 is 27.0. The number of benzene rings is 1. The highest BCUT2D eigenvalue weighted by Crippen LogP contribution is 2.20. The molecule has 3 rings (SSSR count). The van der Waals surface area contributed by atoms with Crippen LogP contribution in [0.1, 0.15) is 0 Å². The molecule has 2 heterocycles. The number of rotatable bonds is 3. The smallest absolute Gasteiger partial charge is 0.262 e. The summed E-state index contributed by atoms with van der Waals surface area (Å²) in [6, 6.07) is 11.9. The van der Waals surface area contributed by atoms with Gasteiger partial charge < -0.3 is 0 Å². The van der Waals surface area contributed by atoms with E-state index in [1.165, 1.54) is 24.5 Å². The lowest BCUT2D eigenvalue weighted by Gasteiger charge is -2.08. The Hall–Kier alpha value is -2.18. The molecule has 21 heavy (non-hydrogen) atoms. The van der Waals surface area contributed by atoms with Crippen LogP contribution >= 0.6 is 11.6 Å². The number of aromatic nitrogens is 2. The molecular weight excluding hydrogens is 310 g/mol. The number of halogens is 1. The van der Waals surface area contributed by atoms with Gasteiger partial charge in [0.1, 0.15) is 5.15 Å². The summed E-state index contributed by atoms with van der Waals surface area (Å²) in [6.45, 7) is 0. The lowest BCUT2D eigenvalue weighted by atomic mass is 10.2. The van der Waals surface area contributed by atoms with Gasteiger partial charge in [0.2, 0.25) is 0 Å². The molecule has 0 amide bonds. The maximum atomic E-state index is 12.3. The van der Waals surface area contributed by atoms with Crippen molar-refractivity contribution in [3.63, 3.8) is 0 Å². The molecule has 7 heteroatoms. The third kappa shape index (κ3) is 2.96. The van der Waals surface area contributed by atoms with E-state index in [0.717, 1.165) is 10.9 Å². The van der Waals surface area contributed by atoms with E-state index in [0.29, 0.717) is 5.69 Å². The Bertz CT molecular complexity index is 913. The van der Waals surface area contributed by atoms with Crippen LogP contribution < -0.4 is 4.72 Å². The van der Waals surface area contributed by atoms with Gasteiger partial charge >= 0.3 is 0 Å². The lowest BCUT2D eigenvalue weighted by Crippen LogP contribution is -2.13. The second kappa shape index (κ2) is 5.31. The van der Waals surface area contributed by atoms with Gasteiger partial charge in [-0.25, -0.2) is 13.4 Å². The zero-order valence-electron chi connectivity index (χ0n) is 10.7. The maximum absolute atomic E-state index is 12.3. The Morgan fingerprint density at radius 3 is 2.67 bits per heavy atom. The number of para-hydroxylation sites is 1. The highest BCUT2D eigenvalue weighted by atomic mass is 35.5. The first kappa shape index (κ1) is 13.8. The van der Waals surface area contributed by atoms with Crippen molar-refractivity contribution >= 4 is 38.2 Å². The number of pyridine rings is 2. The number of fused-ring (bicyclic) bond motifs is 1. The third-order valence-electron chi connectivity index (χ3n) is 2.85. The van der Waals surface area contributed by atoms with Crippen LogP contribution in [0.15, 0.2) is 59.8 Å². The SMILES string of the molecule is O=S(=O)(Nc1cnc2ccccc2c1)c1ccnc(Cl)c1.